The molecule has 194 valence electrons. The van der Waals surface area contributed by atoms with Gasteiger partial charge in [0.1, 0.15) is 67.1 Å². The van der Waals surface area contributed by atoms with Gasteiger partial charge in [0.15, 0.2) is 18.9 Å². The van der Waals surface area contributed by atoms with E-state index in [1.807, 2.05) is 0 Å². The van der Waals surface area contributed by atoms with Crippen molar-refractivity contribution in [2.75, 3.05) is 13.2 Å². The number of aliphatic hydroxyl groups excluding tert-OH is 10. The van der Waals surface area contributed by atoms with E-state index in [0.717, 1.165) is 0 Å². The zero-order chi connectivity index (χ0) is 24.6. The molecular formula is C18H32O15. The predicted octanol–water partition coefficient (Wildman–Crippen LogP) is -6.55. The average molecular weight is 488 g/mol. The van der Waals surface area contributed by atoms with Gasteiger partial charge in [0.05, 0.1) is 19.3 Å². The monoisotopic (exact) mass is 488 g/mol. The predicted molar refractivity (Wildman–Crippen MR) is 99.8 cm³/mol. The molecule has 0 spiro atoms. The van der Waals surface area contributed by atoms with Crippen LogP contribution in [-0.4, -0.2) is 156 Å². The summed E-state index contributed by atoms with van der Waals surface area (Å²) in [7, 11) is 0. The van der Waals surface area contributed by atoms with Gasteiger partial charge in [-0.2, -0.15) is 0 Å². The third-order valence-electron chi connectivity index (χ3n) is 6.06. The van der Waals surface area contributed by atoms with Crippen LogP contribution in [0.3, 0.4) is 0 Å². The molecule has 3 aliphatic heterocycles. The Kier molecular flexibility index (Phi) is 8.99. The van der Waals surface area contributed by atoms with Crippen molar-refractivity contribution < 1.29 is 74.7 Å². The molecular weight excluding hydrogens is 456 g/mol. The summed E-state index contributed by atoms with van der Waals surface area (Å²) >= 11 is 0. The molecule has 3 fully saturated rings. The first-order chi connectivity index (χ1) is 15.5. The topological polar surface area (TPSA) is 248 Å². The van der Waals surface area contributed by atoms with Crippen LogP contribution >= 0.6 is 0 Å². The number of ether oxygens (including phenoxy) is 5. The Morgan fingerprint density at radius 2 is 1.09 bits per heavy atom. The fraction of sp³-hybridized carbons (Fsp3) is 1.00. The van der Waals surface area contributed by atoms with E-state index >= 15 is 0 Å². The molecule has 3 rings (SSSR count). The molecule has 3 saturated heterocycles. The Hall–Kier alpha value is -0.600. The van der Waals surface area contributed by atoms with Crippen LogP contribution in [0.4, 0.5) is 0 Å². The van der Waals surface area contributed by atoms with Gasteiger partial charge in [0, 0.05) is 0 Å². The Morgan fingerprint density at radius 3 is 1.70 bits per heavy atom. The Balaban J connectivity index is 1.75. The summed E-state index contributed by atoms with van der Waals surface area (Å²) in [5, 5.41) is 100. The van der Waals surface area contributed by atoms with Crippen LogP contribution < -0.4 is 0 Å². The van der Waals surface area contributed by atoms with Crippen molar-refractivity contribution in [2.24, 2.45) is 0 Å². The minimum Gasteiger partial charge on any atom is -0.394 e. The minimum atomic E-state index is -1.86. The third kappa shape index (κ3) is 5.32. The number of hydrogen-bond donors (Lipinski definition) is 10. The maximum absolute atomic E-state index is 10.7. The van der Waals surface area contributed by atoms with E-state index in [0.29, 0.717) is 0 Å². The van der Waals surface area contributed by atoms with Gasteiger partial charge in [-0.15, -0.1) is 0 Å². The molecule has 3 heterocycles. The molecule has 0 aromatic heterocycles. The summed E-state index contributed by atoms with van der Waals surface area (Å²) in [5.74, 6) is 0. The summed E-state index contributed by atoms with van der Waals surface area (Å²) in [6.45, 7) is -0.0882. The molecule has 0 aromatic rings. The molecule has 0 radical (unpaired) electrons. The summed E-state index contributed by atoms with van der Waals surface area (Å²) in [5.41, 5.74) is 0. The molecule has 0 amide bonds. The maximum Gasteiger partial charge on any atom is 0.187 e. The molecule has 3 aliphatic rings. The van der Waals surface area contributed by atoms with E-state index in [2.05, 4.69) is 0 Å². The second-order valence-electron chi connectivity index (χ2n) is 8.32. The summed E-state index contributed by atoms with van der Waals surface area (Å²) in [6, 6.07) is 0. The molecule has 0 aliphatic carbocycles. The van der Waals surface area contributed by atoms with Crippen molar-refractivity contribution >= 4 is 0 Å². The van der Waals surface area contributed by atoms with Gasteiger partial charge < -0.3 is 74.7 Å². The van der Waals surface area contributed by atoms with Crippen LogP contribution in [0, 0.1) is 0 Å². The van der Waals surface area contributed by atoms with Crippen molar-refractivity contribution in [3.8, 4) is 0 Å². The highest BCUT2D eigenvalue weighted by Gasteiger charge is 2.53. The van der Waals surface area contributed by atoms with Crippen LogP contribution in [0.2, 0.25) is 0 Å². The first-order valence-electron chi connectivity index (χ1n) is 10.4. The van der Waals surface area contributed by atoms with E-state index < -0.39 is 105 Å². The highest BCUT2D eigenvalue weighted by atomic mass is 16.8. The Bertz CT molecular complexity index is 626. The highest BCUT2D eigenvalue weighted by Crippen LogP contribution is 2.32. The number of rotatable bonds is 6. The third-order valence-corrected chi connectivity index (χ3v) is 6.06. The molecule has 10 N–H and O–H groups in total. The van der Waals surface area contributed by atoms with E-state index in [1.54, 1.807) is 0 Å². The van der Waals surface area contributed by atoms with Crippen LogP contribution in [0.5, 0.6) is 0 Å². The zero-order valence-corrected chi connectivity index (χ0v) is 17.6. The largest absolute Gasteiger partial charge is 0.394 e. The van der Waals surface area contributed by atoms with Crippen molar-refractivity contribution in [3.63, 3.8) is 0 Å². The SMILES string of the molecule is C[C@H]1O[C@H](O[C@@H]2[C@H](O)[C@@H](O[C@H]3[C@@H](O)[C@H](O)[C@@H](CO)O[C@@H]3O)O[C@H](CO)[C@H]2O)[C@H](O)[C@@H](O)[C@@H]1O. The molecule has 0 unspecified atom stereocenters. The average Bonchev–Trinajstić information content (AvgIpc) is 2.79. The van der Waals surface area contributed by atoms with Crippen molar-refractivity contribution in [1.82, 2.24) is 0 Å². The molecule has 33 heavy (non-hydrogen) atoms. The molecule has 15 atom stereocenters. The van der Waals surface area contributed by atoms with Crippen molar-refractivity contribution in [2.45, 2.75) is 99.0 Å². The van der Waals surface area contributed by atoms with Gasteiger partial charge in [0.25, 0.3) is 0 Å². The van der Waals surface area contributed by atoms with Crippen LogP contribution in [0.15, 0.2) is 0 Å². The quantitative estimate of drug-likeness (QED) is 0.167. The van der Waals surface area contributed by atoms with E-state index in [-0.39, 0.29) is 0 Å². The Morgan fingerprint density at radius 1 is 0.545 bits per heavy atom. The second-order valence-corrected chi connectivity index (χ2v) is 8.32. The van der Waals surface area contributed by atoms with Gasteiger partial charge in [-0.1, -0.05) is 0 Å². The van der Waals surface area contributed by atoms with Gasteiger partial charge in [-0.3, -0.25) is 0 Å². The lowest BCUT2D eigenvalue weighted by molar-refractivity contribution is -0.381. The number of aliphatic hydroxyl groups is 10. The van der Waals surface area contributed by atoms with E-state index in [4.69, 9.17) is 28.8 Å². The fourth-order valence-electron chi connectivity index (χ4n) is 3.98. The maximum atomic E-state index is 10.7. The summed E-state index contributed by atoms with van der Waals surface area (Å²) in [4.78, 5) is 0. The minimum absolute atomic E-state index is 0.706. The second kappa shape index (κ2) is 11.0. The zero-order valence-electron chi connectivity index (χ0n) is 17.6. The molecule has 0 saturated carbocycles. The molecule has 15 nitrogen and oxygen atoms in total. The van der Waals surface area contributed by atoms with Crippen LogP contribution in [0.1, 0.15) is 6.92 Å². The standard InChI is InChI=1S/C18H32O15/c1-4-7(21)10(24)12(26)17(29-4)32-14-9(23)6(3-20)31-18(13(14)27)33-15-11(25)8(22)5(2-19)30-16(15)28/h4-28H,2-3H2,1H3/t4-,5-,6-,7-,8-,9-,10+,11+,12-,13+,14+,15+,16+,17-,18-/m1/s1. The van der Waals surface area contributed by atoms with Gasteiger partial charge in [-0.25, -0.2) is 0 Å². The molecule has 0 aromatic carbocycles. The first kappa shape index (κ1) is 27.0. The van der Waals surface area contributed by atoms with Crippen LogP contribution in [-0.2, 0) is 23.7 Å². The fourth-order valence-corrected chi connectivity index (χ4v) is 3.98. The van der Waals surface area contributed by atoms with Crippen molar-refractivity contribution in [1.29, 1.82) is 0 Å². The number of hydrogen-bond acceptors (Lipinski definition) is 15. The normalized spacial score (nSPS) is 53.7. The van der Waals surface area contributed by atoms with Gasteiger partial charge >= 0.3 is 0 Å². The van der Waals surface area contributed by atoms with Crippen molar-refractivity contribution in [3.05, 3.63) is 0 Å². The lowest BCUT2D eigenvalue weighted by Crippen LogP contribution is -2.66. The first-order valence-corrected chi connectivity index (χ1v) is 10.4. The molecule has 15 heteroatoms. The summed E-state index contributed by atoms with van der Waals surface area (Å²) < 4.78 is 26.4. The highest BCUT2D eigenvalue weighted by molar-refractivity contribution is 4.95. The van der Waals surface area contributed by atoms with Gasteiger partial charge in [-0.05, 0) is 6.92 Å². The van der Waals surface area contributed by atoms with E-state index in [9.17, 15) is 46.0 Å². The Labute approximate surface area is 187 Å². The van der Waals surface area contributed by atoms with Gasteiger partial charge in [0.2, 0.25) is 0 Å². The lowest BCUT2D eigenvalue weighted by Gasteiger charge is -2.47. The van der Waals surface area contributed by atoms with Crippen LogP contribution in [0.25, 0.3) is 0 Å². The summed E-state index contributed by atoms with van der Waals surface area (Å²) in [6.07, 6.45) is -24.0. The molecule has 0 bridgehead atoms. The lowest BCUT2D eigenvalue weighted by atomic mass is 9.96. The smallest absolute Gasteiger partial charge is 0.187 e. The van der Waals surface area contributed by atoms with E-state index in [1.165, 1.54) is 6.92 Å².